The molecule has 0 aliphatic heterocycles. The lowest BCUT2D eigenvalue weighted by atomic mass is 10.1. The molecule has 0 saturated heterocycles. The summed E-state index contributed by atoms with van der Waals surface area (Å²) in [5.74, 6) is 0.667. The normalized spacial score (nSPS) is 10.6. The molecule has 1 aromatic heterocycles. The van der Waals surface area contributed by atoms with E-state index in [-0.39, 0.29) is 5.91 Å². The average Bonchev–Trinajstić information content (AvgIpc) is 3.12. The van der Waals surface area contributed by atoms with Crippen molar-refractivity contribution in [2.24, 2.45) is 0 Å². The molecule has 3 aromatic carbocycles. The molecule has 4 rings (SSSR count). The molecule has 29 heavy (non-hydrogen) atoms. The molecule has 0 aliphatic carbocycles. The lowest BCUT2D eigenvalue weighted by Crippen LogP contribution is -2.13. The molecule has 4 aromatic rings. The summed E-state index contributed by atoms with van der Waals surface area (Å²) in [7, 11) is 1.65. The molecule has 1 N–H and O–H groups in total. The van der Waals surface area contributed by atoms with Crippen LogP contribution >= 0.6 is 0 Å². The minimum atomic E-state index is -0.127. The van der Waals surface area contributed by atoms with Crippen molar-refractivity contribution in [3.63, 3.8) is 0 Å². The van der Waals surface area contributed by atoms with Gasteiger partial charge in [-0.05, 0) is 55.0 Å². The van der Waals surface area contributed by atoms with Crippen LogP contribution in [0.5, 0.6) is 5.75 Å². The van der Waals surface area contributed by atoms with Gasteiger partial charge in [-0.1, -0.05) is 48.5 Å². The van der Waals surface area contributed by atoms with Gasteiger partial charge in [0.25, 0.3) is 5.91 Å². The second kappa shape index (κ2) is 8.07. The van der Waals surface area contributed by atoms with E-state index in [2.05, 4.69) is 9.88 Å². The number of methoxy groups -OCH3 is 1. The molecule has 4 heteroatoms. The number of benzene rings is 3. The number of nitrogens with zero attached hydrogens (tertiary/aromatic N) is 1. The molecule has 1 amide bonds. The van der Waals surface area contributed by atoms with Crippen LogP contribution in [0, 0.1) is 6.92 Å². The second-order valence-electron chi connectivity index (χ2n) is 6.75. The van der Waals surface area contributed by atoms with Gasteiger partial charge in [0.15, 0.2) is 0 Å². The van der Waals surface area contributed by atoms with Gasteiger partial charge in [-0.3, -0.25) is 4.79 Å². The highest BCUT2D eigenvalue weighted by molar-refractivity contribution is 6.06. The lowest BCUT2D eigenvalue weighted by Gasteiger charge is -2.13. The van der Waals surface area contributed by atoms with Crippen molar-refractivity contribution in [3.8, 4) is 22.7 Å². The first kappa shape index (κ1) is 18.6. The maximum absolute atomic E-state index is 13.0. The number of hydrogen-bond donors (Lipinski definition) is 1. The third kappa shape index (κ3) is 3.78. The van der Waals surface area contributed by atoms with Crippen LogP contribution in [-0.2, 0) is 0 Å². The van der Waals surface area contributed by atoms with Crippen LogP contribution < -0.4 is 10.1 Å². The minimum Gasteiger partial charge on any atom is -0.497 e. The number of nitrogens with one attached hydrogen (secondary N) is 1. The number of hydrogen-bond acceptors (Lipinski definition) is 2. The number of para-hydroxylation sites is 1. The van der Waals surface area contributed by atoms with Crippen molar-refractivity contribution in [3.05, 3.63) is 102 Å². The molecular formula is C25H22N2O2. The van der Waals surface area contributed by atoms with E-state index in [1.807, 2.05) is 97.9 Å². The summed E-state index contributed by atoms with van der Waals surface area (Å²) in [5, 5.41) is 2.99. The fourth-order valence-corrected chi connectivity index (χ4v) is 3.44. The van der Waals surface area contributed by atoms with E-state index in [0.29, 0.717) is 5.56 Å². The van der Waals surface area contributed by atoms with E-state index in [0.717, 1.165) is 34.1 Å². The Kier molecular flexibility index (Phi) is 5.16. The van der Waals surface area contributed by atoms with Gasteiger partial charge in [0.05, 0.1) is 18.4 Å². The summed E-state index contributed by atoms with van der Waals surface area (Å²) in [5.41, 5.74) is 5.28. The third-order valence-corrected chi connectivity index (χ3v) is 4.92. The van der Waals surface area contributed by atoms with Crippen molar-refractivity contribution in [2.75, 3.05) is 12.4 Å². The Balaban J connectivity index is 1.81. The van der Waals surface area contributed by atoms with Gasteiger partial charge in [-0.15, -0.1) is 0 Å². The predicted octanol–water partition coefficient (Wildman–Crippen LogP) is 5.71. The number of amides is 1. The first-order valence-corrected chi connectivity index (χ1v) is 9.46. The van der Waals surface area contributed by atoms with Gasteiger partial charge >= 0.3 is 0 Å². The van der Waals surface area contributed by atoms with Crippen molar-refractivity contribution in [2.45, 2.75) is 6.92 Å². The van der Waals surface area contributed by atoms with Gasteiger partial charge in [0.2, 0.25) is 0 Å². The molecule has 0 unspecified atom stereocenters. The van der Waals surface area contributed by atoms with E-state index < -0.39 is 0 Å². The molecule has 0 radical (unpaired) electrons. The standard InChI is InChI=1S/C25H22N2O2/c1-18-23(25(28)26-20-11-7-4-8-12-20)17-24(19-9-5-3-6-10-19)27(18)21-13-15-22(29-2)16-14-21/h3-17H,1-2H3,(H,26,28). The molecule has 1 heterocycles. The molecule has 0 fully saturated rings. The van der Waals surface area contributed by atoms with E-state index in [9.17, 15) is 4.79 Å². The van der Waals surface area contributed by atoms with E-state index in [4.69, 9.17) is 4.74 Å². The summed E-state index contributed by atoms with van der Waals surface area (Å²) >= 11 is 0. The summed E-state index contributed by atoms with van der Waals surface area (Å²) < 4.78 is 7.39. The zero-order chi connectivity index (χ0) is 20.2. The average molecular weight is 382 g/mol. The molecule has 0 bridgehead atoms. The zero-order valence-corrected chi connectivity index (χ0v) is 16.4. The van der Waals surface area contributed by atoms with E-state index >= 15 is 0 Å². The predicted molar refractivity (Wildman–Crippen MR) is 117 cm³/mol. The summed E-state index contributed by atoms with van der Waals surface area (Å²) in [4.78, 5) is 13.0. The summed E-state index contributed by atoms with van der Waals surface area (Å²) in [6, 6.07) is 29.4. The number of ether oxygens (including phenoxy) is 1. The summed E-state index contributed by atoms with van der Waals surface area (Å²) in [6.07, 6.45) is 0. The fraction of sp³-hybridized carbons (Fsp3) is 0.0800. The minimum absolute atomic E-state index is 0.127. The van der Waals surface area contributed by atoms with Gasteiger partial charge in [-0.25, -0.2) is 0 Å². The third-order valence-electron chi connectivity index (χ3n) is 4.92. The highest BCUT2D eigenvalue weighted by atomic mass is 16.5. The van der Waals surface area contributed by atoms with E-state index in [1.165, 1.54) is 0 Å². The Labute approximate surface area is 170 Å². The molecule has 0 spiro atoms. The molecule has 0 atom stereocenters. The monoisotopic (exact) mass is 382 g/mol. The molecule has 144 valence electrons. The van der Waals surface area contributed by atoms with Crippen molar-refractivity contribution in [1.82, 2.24) is 4.57 Å². The zero-order valence-electron chi connectivity index (χ0n) is 16.4. The molecule has 4 nitrogen and oxygen atoms in total. The van der Waals surface area contributed by atoms with Crippen LogP contribution in [0.1, 0.15) is 16.1 Å². The smallest absolute Gasteiger partial charge is 0.257 e. The second-order valence-corrected chi connectivity index (χ2v) is 6.75. The van der Waals surface area contributed by atoms with Crippen LogP contribution in [0.3, 0.4) is 0 Å². The molecule has 0 aliphatic rings. The number of anilines is 1. The quantitative estimate of drug-likeness (QED) is 0.480. The Morgan fingerprint density at radius 1 is 0.862 bits per heavy atom. The Morgan fingerprint density at radius 2 is 1.48 bits per heavy atom. The van der Waals surface area contributed by atoms with Gasteiger partial charge in [0.1, 0.15) is 5.75 Å². The number of carbonyl (C=O) groups is 1. The number of carbonyl (C=O) groups excluding carboxylic acids is 1. The Morgan fingerprint density at radius 3 is 2.10 bits per heavy atom. The van der Waals surface area contributed by atoms with Crippen molar-refractivity contribution >= 4 is 11.6 Å². The maximum atomic E-state index is 13.0. The topological polar surface area (TPSA) is 43.3 Å². The lowest BCUT2D eigenvalue weighted by molar-refractivity contribution is 0.102. The highest BCUT2D eigenvalue weighted by Gasteiger charge is 2.19. The van der Waals surface area contributed by atoms with Crippen LogP contribution in [0.2, 0.25) is 0 Å². The highest BCUT2D eigenvalue weighted by Crippen LogP contribution is 2.30. The largest absolute Gasteiger partial charge is 0.497 e. The van der Waals surface area contributed by atoms with Crippen LogP contribution in [0.4, 0.5) is 5.69 Å². The first-order valence-electron chi connectivity index (χ1n) is 9.46. The van der Waals surface area contributed by atoms with Crippen molar-refractivity contribution < 1.29 is 9.53 Å². The van der Waals surface area contributed by atoms with Gasteiger partial charge in [0, 0.05) is 17.1 Å². The van der Waals surface area contributed by atoms with Gasteiger partial charge < -0.3 is 14.6 Å². The Bertz CT molecular complexity index is 1110. The fourth-order valence-electron chi connectivity index (χ4n) is 3.44. The summed E-state index contributed by atoms with van der Waals surface area (Å²) in [6.45, 7) is 1.97. The molecular weight excluding hydrogens is 360 g/mol. The van der Waals surface area contributed by atoms with Crippen LogP contribution in [0.15, 0.2) is 91.0 Å². The van der Waals surface area contributed by atoms with Crippen LogP contribution in [-0.4, -0.2) is 17.6 Å². The number of aromatic nitrogens is 1. The van der Waals surface area contributed by atoms with Crippen LogP contribution in [0.25, 0.3) is 16.9 Å². The molecule has 0 saturated carbocycles. The Hall–Kier alpha value is -3.79. The maximum Gasteiger partial charge on any atom is 0.257 e. The SMILES string of the molecule is COc1ccc(-n2c(-c3ccccc3)cc(C(=O)Nc3ccccc3)c2C)cc1. The van der Waals surface area contributed by atoms with Crippen molar-refractivity contribution in [1.29, 1.82) is 0 Å². The van der Waals surface area contributed by atoms with E-state index in [1.54, 1.807) is 7.11 Å². The van der Waals surface area contributed by atoms with Gasteiger partial charge in [-0.2, -0.15) is 0 Å². The first-order chi connectivity index (χ1) is 14.2. The number of rotatable bonds is 5.